The number of fused-ring (bicyclic) bond motifs is 13. The number of para-hydroxylation sites is 2. The zero-order chi connectivity index (χ0) is 38.2. The average Bonchev–Trinajstić information content (AvgIpc) is 3.77. The van der Waals surface area contributed by atoms with E-state index in [4.69, 9.17) is 9.47 Å². The summed E-state index contributed by atoms with van der Waals surface area (Å²) in [6.07, 6.45) is 0. The minimum Gasteiger partial charge on any atom is -0.449 e. The molecule has 0 radical (unpaired) electrons. The molecule has 0 saturated carbocycles. The molecule has 0 N–H and O–H groups in total. The summed E-state index contributed by atoms with van der Waals surface area (Å²) in [4.78, 5) is 2.28. The molecule has 3 nitrogen and oxygen atoms in total. The fraction of sp³-hybridized carbons (Fsp3) is 0.0182. The molecule has 9 aromatic rings. The normalized spacial score (nSPS) is 13.2. The SMILES string of the molecule is c1ccc(-c2cccc(-c3cccc(N(c4ccccc4)c4cccc5c4Oc4c(ccc6c4-c4ccccc4C64c6ccccc6-c6ccccc64)O5)c3)c2)cc1. The van der Waals surface area contributed by atoms with Gasteiger partial charge < -0.3 is 14.4 Å². The van der Waals surface area contributed by atoms with Crippen LogP contribution >= 0.6 is 0 Å². The zero-order valence-electron chi connectivity index (χ0n) is 31.5. The predicted octanol–water partition coefficient (Wildman–Crippen LogP) is 14.7. The van der Waals surface area contributed by atoms with E-state index in [0.717, 1.165) is 45.1 Å². The van der Waals surface area contributed by atoms with Gasteiger partial charge in [-0.15, -0.1) is 0 Å². The Kier molecular flexibility index (Phi) is 7.14. The molecule has 2 aliphatic carbocycles. The minimum absolute atomic E-state index is 0.481. The van der Waals surface area contributed by atoms with Crippen LogP contribution in [-0.2, 0) is 5.41 Å². The van der Waals surface area contributed by atoms with Gasteiger partial charge in [0.15, 0.2) is 23.0 Å². The van der Waals surface area contributed by atoms with Crippen LogP contribution in [0.2, 0.25) is 0 Å². The van der Waals surface area contributed by atoms with Crippen molar-refractivity contribution in [1.29, 1.82) is 0 Å². The van der Waals surface area contributed by atoms with Crippen molar-refractivity contribution in [2.75, 3.05) is 4.90 Å². The van der Waals surface area contributed by atoms with E-state index in [9.17, 15) is 0 Å². The summed E-state index contributed by atoms with van der Waals surface area (Å²) in [7, 11) is 0. The molecule has 3 heteroatoms. The zero-order valence-corrected chi connectivity index (χ0v) is 31.5. The fourth-order valence-electron chi connectivity index (χ4n) is 9.74. The molecule has 1 aliphatic heterocycles. The van der Waals surface area contributed by atoms with Crippen molar-refractivity contribution in [3.05, 3.63) is 235 Å². The summed E-state index contributed by atoms with van der Waals surface area (Å²) in [6.45, 7) is 0. The predicted molar refractivity (Wildman–Crippen MR) is 235 cm³/mol. The molecule has 0 aromatic heterocycles. The number of hydrogen-bond acceptors (Lipinski definition) is 3. The van der Waals surface area contributed by atoms with Gasteiger partial charge in [0.05, 0.1) is 11.1 Å². The summed E-state index contributed by atoms with van der Waals surface area (Å²) in [5, 5.41) is 0. The van der Waals surface area contributed by atoms with Gasteiger partial charge in [0, 0.05) is 16.9 Å². The highest BCUT2D eigenvalue weighted by molar-refractivity contribution is 5.98. The lowest BCUT2D eigenvalue weighted by Gasteiger charge is -2.32. The highest BCUT2D eigenvalue weighted by Crippen LogP contribution is 2.66. The van der Waals surface area contributed by atoms with E-state index in [1.165, 1.54) is 44.5 Å². The Bertz CT molecular complexity index is 3030. The molecule has 1 spiro atoms. The van der Waals surface area contributed by atoms with Crippen LogP contribution in [-0.4, -0.2) is 0 Å². The lowest BCUT2D eigenvalue weighted by molar-refractivity contribution is 0.361. The number of hydrogen-bond donors (Lipinski definition) is 0. The largest absolute Gasteiger partial charge is 0.449 e. The van der Waals surface area contributed by atoms with Gasteiger partial charge in [-0.3, -0.25) is 0 Å². The van der Waals surface area contributed by atoms with Gasteiger partial charge in [-0.2, -0.15) is 0 Å². The van der Waals surface area contributed by atoms with E-state index in [1.54, 1.807) is 0 Å². The first kappa shape index (κ1) is 32.6. The third kappa shape index (κ3) is 4.68. The number of rotatable bonds is 5. The van der Waals surface area contributed by atoms with Gasteiger partial charge in [0.1, 0.15) is 0 Å². The summed E-state index contributed by atoms with van der Waals surface area (Å²) < 4.78 is 14.2. The van der Waals surface area contributed by atoms with Gasteiger partial charge in [-0.05, 0) is 110 Å². The Balaban J connectivity index is 1.02. The molecule has 9 aromatic carbocycles. The summed E-state index contributed by atoms with van der Waals surface area (Å²) in [5.41, 5.74) is 16.9. The molecule has 0 fully saturated rings. The Hall–Kier alpha value is -7.62. The molecular weight excluding hydrogens is 707 g/mol. The first-order valence-corrected chi connectivity index (χ1v) is 19.8. The third-order valence-electron chi connectivity index (χ3n) is 12.1. The molecule has 272 valence electrons. The molecule has 0 bridgehead atoms. The van der Waals surface area contributed by atoms with Gasteiger partial charge in [0.25, 0.3) is 0 Å². The van der Waals surface area contributed by atoms with Crippen LogP contribution in [0.5, 0.6) is 23.0 Å². The molecule has 12 rings (SSSR count). The third-order valence-corrected chi connectivity index (χ3v) is 12.1. The first-order valence-electron chi connectivity index (χ1n) is 19.8. The van der Waals surface area contributed by atoms with Crippen LogP contribution in [0.25, 0.3) is 44.5 Å². The van der Waals surface area contributed by atoms with E-state index in [0.29, 0.717) is 17.2 Å². The number of benzene rings is 9. The summed E-state index contributed by atoms with van der Waals surface area (Å²) in [5.74, 6) is 2.80. The van der Waals surface area contributed by atoms with Crippen LogP contribution < -0.4 is 14.4 Å². The Morgan fingerprint density at radius 3 is 1.57 bits per heavy atom. The molecule has 0 saturated heterocycles. The topological polar surface area (TPSA) is 21.7 Å². The van der Waals surface area contributed by atoms with Gasteiger partial charge >= 0.3 is 0 Å². The van der Waals surface area contributed by atoms with E-state index < -0.39 is 5.41 Å². The highest BCUT2D eigenvalue weighted by Gasteiger charge is 2.53. The fourth-order valence-corrected chi connectivity index (χ4v) is 9.74. The lowest BCUT2D eigenvalue weighted by Crippen LogP contribution is -2.25. The quantitative estimate of drug-likeness (QED) is 0.175. The molecule has 58 heavy (non-hydrogen) atoms. The van der Waals surface area contributed by atoms with Crippen LogP contribution in [0, 0.1) is 0 Å². The van der Waals surface area contributed by atoms with Gasteiger partial charge in [-0.1, -0.05) is 164 Å². The molecule has 1 heterocycles. The van der Waals surface area contributed by atoms with Gasteiger partial charge in [0.2, 0.25) is 0 Å². The van der Waals surface area contributed by atoms with Crippen molar-refractivity contribution >= 4 is 17.1 Å². The maximum Gasteiger partial charge on any atom is 0.194 e. The van der Waals surface area contributed by atoms with E-state index in [1.807, 2.05) is 6.07 Å². The number of anilines is 3. The van der Waals surface area contributed by atoms with Crippen LogP contribution in [0.4, 0.5) is 17.1 Å². The van der Waals surface area contributed by atoms with Crippen LogP contribution in [0.3, 0.4) is 0 Å². The van der Waals surface area contributed by atoms with Gasteiger partial charge in [-0.25, -0.2) is 0 Å². The molecule has 3 aliphatic rings. The molecule has 0 atom stereocenters. The van der Waals surface area contributed by atoms with Crippen LogP contribution in [0.1, 0.15) is 22.3 Å². The van der Waals surface area contributed by atoms with Crippen LogP contribution in [0.15, 0.2) is 212 Å². The number of ether oxygens (including phenoxy) is 2. The smallest absolute Gasteiger partial charge is 0.194 e. The minimum atomic E-state index is -0.481. The van der Waals surface area contributed by atoms with Crippen molar-refractivity contribution in [3.8, 4) is 67.5 Å². The average molecular weight is 742 g/mol. The van der Waals surface area contributed by atoms with Crippen molar-refractivity contribution in [2.24, 2.45) is 0 Å². The van der Waals surface area contributed by atoms with Crippen molar-refractivity contribution in [3.63, 3.8) is 0 Å². The molecule has 0 unspecified atom stereocenters. The highest BCUT2D eigenvalue weighted by atomic mass is 16.6. The maximum absolute atomic E-state index is 7.32. The van der Waals surface area contributed by atoms with E-state index in [-0.39, 0.29) is 0 Å². The second kappa shape index (κ2) is 12.7. The second-order valence-corrected chi connectivity index (χ2v) is 15.2. The summed E-state index contributed by atoms with van der Waals surface area (Å²) in [6, 6.07) is 75.7. The van der Waals surface area contributed by atoms with Crippen molar-refractivity contribution in [2.45, 2.75) is 5.41 Å². The number of nitrogens with zero attached hydrogens (tertiary/aromatic N) is 1. The Morgan fingerprint density at radius 1 is 0.328 bits per heavy atom. The molecular formula is C55H35NO2. The monoisotopic (exact) mass is 741 g/mol. The first-order chi connectivity index (χ1) is 28.8. The van der Waals surface area contributed by atoms with Crippen molar-refractivity contribution < 1.29 is 9.47 Å². The Labute approximate surface area is 337 Å². The molecule has 0 amide bonds. The van der Waals surface area contributed by atoms with E-state index in [2.05, 4.69) is 211 Å². The summed E-state index contributed by atoms with van der Waals surface area (Å²) >= 11 is 0. The maximum atomic E-state index is 7.32. The second-order valence-electron chi connectivity index (χ2n) is 15.2. The Morgan fingerprint density at radius 2 is 0.845 bits per heavy atom. The standard InChI is InChI=1S/C55H35NO2/c1-3-16-36(17-4-1)37-18-13-19-38(34-37)39-20-14-23-41(35-39)56(40-21-5-2-6-22-40)49-30-15-31-50-53(49)58-54-51(57-50)33-32-48-52(54)44-26-9-12-29-47(44)55(48)45-27-10-7-24-42(45)43-25-8-11-28-46(43)55/h1-35H. The van der Waals surface area contributed by atoms with Crippen molar-refractivity contribution in [1.82, 2.24) is 0 Å². The lowest BCUT2D eigenvalue weighted by atomic mass is 9.70. The van der Waals surface area contributed by atoms with E-state index >= 15 is 0 Å².